The summed E-state index contributed by atoms with van der Waals surface area (Å²) >= 11 is 1.07. The Morgan fingerprint density at radius 1 is 1.35 bits per heavy atom. The van der Waals surface area contributed by atoms with Crippen LogP contribution in [-0.4, -0.2) is 41.6 Å². The highest BCUT2D eigenvalue weighted by molar-refractivity contribution is 7.17. The normalized spacial score (nSPS) is 10.5. The van der Waals surface area contributed by atoms with Gasteiger partial charge in [0.05, 0.1) is 0 Å². The number of rotatable bonds is 10. The molecular formula is C13H20N2O4S. The highest BCUT2D eigenvalue weighted by atomic mass is 32.1. The van der Waals surface area contributed by atoms with Gasteiger partial charge in [-0.3, -0.25) is 4.79 Å². The maximum Gasteiger partial charge on any atom is 0.356 e. The van der Waals surface area contributed by atoms with Crippen molar-refractivity contribution in [3.63, 3.8) is 0 Å². The quantitative estimate of drug-likeness (QED) is 0.510. The molecule has 0 aliphatic rings. The van der Waals surface area contributed by atoms with Crippen LogP contribution >= 0.6 is 11.3 Å². The lowest BCUT2D eigenvalue weighted by Gasteiger charge is -2.03. The second-order valence-corrected chi connectivity index (χ2v) is 5.30. The number of ketones is 1. The first-order chi connectivity index (χ1) is 9.56. The standard InChI is InChI=1S/C13H20N2O4S/c1-3-4-7-19-8-5-6-14-13-15-10(12(17)18)11(20-13)9(2)16/h3-8H2,1-2H3,(H,14,15)(H,17,18). The van der Waals surface area contributed by atoms with E-state index in [2.05, 4.69) is 17.2 Å². The van der Waals surface area contributed by atoms with Gasteiger partial charge in [-0.1, -0.05) is 24.7 Å². The number of thiazole rings is 1. The van der Waals surface area contributed by atoms with Crippen LogP contribution in [0.5, 0.6) is 0 Å². The highest BCUT2D eigenvalue weighted by Gasteiger charge is 2.20. The van der Waals surface area contributed by atoms with E-state index in [-0.39, 0.29) is 16.4 Å². The second-order valence-electron chi connectivity index (χ2n) is 4.30. The first-order valence-electron chi connectivity index (χ1n) is 6.63. The lowest BCUT2D eigenvalue weighted by molar-refractivity contribution is 0.0687. The van der Waals surface area contributed by atoms with E-state index in [1.54, 1.807) is 0 Å². The van der Waals surface area contributed by atoms with Crippen LogP contribution in [0.4, 0.5) is 5.13 Å². The van der Waals surface area contributed by atoms with Crippen LogP contribution in [0.1, 0.15) is 53.3 Å². The van der Waals surface area contributed by atoms with E-state index in [1.165, 1.54) is 6.92 Å². The molecule has 20 heavy (non-hydrogen) atoms. The molecule has 1 aromatic heterocycles. The number of nitrogens with one attached hydrogen (secondary N) is 1. The molecule has 0 bridgehead atoms. The molecule has 0 amide bonds. The molecule has 0 radical (unpaired) electrons. The van der Waals surface area contributed by atoms with Crippen molar-refractivity contribution in [3.8, 4) is 0 Å². The molecule has 6 nitrogen and oxygen atoms in total. The third-order valence-corrected chi connectivity index (χ3v) is 3.65. The molecule has 1 heterocycles. The van der Waals surface area contributed by atoms with E-state index in [0.29, 0.717) is 18.3 Å². The molecule has 0 saturated heterocycles. The summed E-state index contributed by atoms with van der Waals surface area (Å²) in [5, 5.41) is 12.4. The maximum atomic E-state index is 11.3. The third kappa shape index (κ3) is 5.26. The number of aromatic nitrogens is 1. The van der Waals surface area contributed by atoms with Gasteiger partial charge in [0.2, 0.25) is 0 Å². The summed E-state index contributed by atoms with van der Waals surface area (Å²) in [7, 11) is 0. The van der Waals surface area contributed by atoms with Gasteiger partial charge in [0.15, 0.2) is 16.6 Å². The number of unbranched alkanes of at least 4 members (excludes halogenated alkanes) is 1. The molecule has 1 aromatic rings. The van der Waals surface area contributed by atoms with Crippen LogP contribution in [-0.2, 0) is 4.74 Å². The van der Waals surface area contributed by atoms with Gasteiger partial charge in [-0.2, -0.15) is 0 Å². The van der Waals surface area contributed by atoms with Crippen LogP contribution in [0, 0.1) is 0 Å². The number of carbonyl (C=O) groups excluding carboxylic acids is 1. The van der Waals surface area contributed by atoms with E-state index in [0.717, 1.165) is 37.2 Å². The highest BCUT2D eigenvalue weighted by Crippen LogP contribution is 2.23. The molecule has 7 heteroatoms. The van der Waals surface area contributed by atoms with E-state index >= 15 is 0 Å². The van der Waals surface area contributed by atoms with Crippen molar-refractivity contribution in [1.29, 1.82) is 0 Å². The van der Waals surface area contributed by atoms with Gasteiger partial charge in [0, 0.05) is 26.7 Å². The molecule has 0 saturated carbocycles. The number of hydrogen-bond donors (Lipinski definition) is 2. The smallest absolute Gasteiger partial charge is 0.356 e. The predicted octanol–water partition coefficient (Wildman–Crippen LogP) is 2.66. The second kappa shape index (κ2) is 8.65. The summed E-state index contributed by atoms with van der Waals surface area (Å²) in [6, 6.07) is 0. The number of carboxylic acid groups (broad SMARTS) is 1. The number of ether oxygens (including phenoxy) is 1. The van der Waals surface area contributed by atoms with Crippen molar-refractivity contribution in [2.24, 2.45) is 0 Å². The fourth-order valence-electron chi connectivity index (χ4n) is 1.50. The molecule has 1 rings (SSSR count). The molecular weight excluding hydrogens is 280 g/mol. The Morgan fingerprint density at radius 3 is 2.60 bits per heavy atom. The molecule has 0 unspecified atom stereocenters. The zero-order chi connectivity index (χ0) is 15.0. The van der Waals surface area contributed by atoms with Gasteiger partial charge in [0.25, 0.3) is 0 Å². The van der Waals surface area contributed by atoms with Gasteiger partial charge < -0.3 is 15.2 Å². The Kier molecular flexibility index (Phi) is 7.17. The number of aromatic carboxylic acids is 1. The minimum absolute atomic E-state index is 0.177. The number of carbonyl (C=O) groups is 2. The number of nitrogens with zero attached hydrogens (tertiary/aromatic N) is 1. The Morgan fingerprint density at radius 2 is 2.05 bits per heavy atom. The summed E-state index contributed by atoms with van der Waals surface area (Å²) < 4.78 is 5.41. The molecule has 0 aliphatic carbocycles. The minimum atomic E-state index is -1.18. The van der Waals surface area contributed by atoms with Crippen molar-refractivity contribution in [1.82, 2.24) is 4.98 Å². The van der Waals surface area contributed by atoms with Crippen LogP contribution in [0.2, 0.25) is 0 Å². The van der Waals surface area contributed by atoms with Gasteiger partial charge in [0.1, 0.15) is 4.88 Å². The van der Waals surface area contributed by atoms with Crippen molar-refractivity contribution in [2.45, 2.75) is 33.1 Å². The van der Waals surface area contributed by atoms with Crippen LogP contribution in [0.25, 0.3) is 0 Å². The van der Waals surface area contributed by atoms with E-state index in [4.69, 9.17) is 9.84 Å². The summed E-state index contributed by atoms with van der Waals surface area (Å²) in [6.45, 7) is 5.51. The molecule has 0 spiro atoms. The third-order valence-electron chi connectivity index (χ3n) is 2.53. The fourth-order valence-corrected chi connectivity index (χ4v) is 2.38. The van der Waals surface area contributed by atoms with E-state index in [9.17, 15) is 9.59 Å². The summed E-state index contributed by atoms with van der Waals surface area (Å²) in [5.74, 6) is -1.46. The Hall–Kier alpha value is -1.47. The molecule has 0 aliphatic heterocycles. The molecule has 2 N–H and O–H groups in total. The van der Waals surface area contributed by atoms with Crippen LogP contribution in [0.3, 0.4) is 0 Å². The van der Waals surface area contributed by atoms with Gasteiger partial charge >= 0.3 is 5.97 Å². The average Bonchev–Trinajstić information content (AvgIpc) is 2.82. The summed E-state index contributed by atoms with van der Waals surface area (Å²) in [6.07, 6.45) is 2.98. The van der Waals surface area contributed by atoms with Crippen molar-refractivity contribution >= 4 is 28.2 Å². The average molecular weight is 300 g/mol. The molecule has 0 aromatic carbocycles. The van der Waals surface area contributed by atoms with Crippen LogP contribution in [0.15, 0.2) is 0 Å². The SMILES string of the molecule is CCCCOCCCNc1nc(C(=O)O)c(C(C)=O)s1. The zero-order valence-electron chi connectivity index (χ0n) is 11.8. The Bertz CT molecular complexity index is 428. The molecule has 112 valence electrons. The maximum absolute atomic E-state index is 11.3. The summed E-state index contributed by atoms with van der Waals surface area (Å²) in [4.78, 5) is 26.4. The first-order valence-corrected chi connectivity index (χ1v) is 7.44. The largest absolute Gasteiger partial charge is 0.476 e. The van der Waals surface area contributed by atoms with Crippen molar-refractivity contribution < 1.29 is 19.4 Å². The number of Topliss-reactive ketones (excluding diaryl/α,β-unsaturated/α-hetero) is 1. The van der Waals surface area contributed by atoms with Gasteiger partial charge in [-0.25, -0.2) is 9.78 Å². The van der Waals surface area contributed by atoms with E-state index < -0.39 is 5.97 Å². The lowest BCUT2D eigenvalue weighted by atomic mass is 10.3. The van der Waals surface area contributed by atoms with Crippen molar-refractivity contribution in [3.05, 3.63) is 10.6 Å². The minimum Gasteiger partial charge on any atom is -0.476 e. The fraction of sp³-hybridized carbons (Fsp3) is 0.615. The Labute approximate surface area is 122 Å². The van der Waals surface area contributed by atoms with Crippen LogP contribution < -0.4 is 5.32 Å². The lowest BCUT2D eigenvalue weighted by Crippen LogP contribution is -2.07. The predicted molar refractivity (Wildman–Crippen MR) is 77.9 cm³/mol. The Balaban J connectivity index is 2.39. The van der Waals surface area contributed by atoms with Crippen molar-refractivity contribution in [2.75, 3.05) is 25.1 Å². The van der Waals surface area contributed by atoms with E-state index in [1.807, 2.05) is 0 Å². The number of carboxylic acids is 1. The first kappa shape index (κ1) is 16.6. The topological polar surface area (TPSA) is 88.5 Å². The van der Waals surface area contributed by atoms with Gasteiger partial charge in [-0.05, 0) is 12.8 Å². The number of hydrogen-bond acceptors (Lipinski definition) is 6. The molecule has 0 fully saturated rings. The summed E-state index contributed by atoms with van der Waals surface area (Å²) in [5.41, 5.74) is -0.177. The monoisotopic (exact) mass is 300 g/mol. The van der Waals surface area contributed by atoms with Gasteiger partial charge in [-0.15, -0.1) is 0 Å². The zero-order valence-corrected chi connectivity index (χ0v) is 12.6. The number of anilines is 1. The molecule has 0 atom stereocenters.